The molecule has 0 unspecified atom stereocenters. The number of carbonyl (C=O) groups is 2. The third-order valence-electron chi connectivity index (χ3n) is 5.82. The molecule has 1 atom stereocenters. The second kappa shape index (κ2) is 11.9. The molecule has 34 heavy (non-hydrogen) atoms. The van der Waals surface area contributed by atoms with Crippen molar-refractivity contribution in [2.24, 2.45) is 0 Å². The fraction of sp³-hybridized carbons (Fsp3) is 0.417. The molecule has 1 saturated heterocycles. The van der Waals surface area contributed by atoms with E-state index in [9.17, 15) is 22.4 Å². The molecule has 2 aromatic rings. The summed E-state index contributed by atoms with van der Waals surface area (Å²) in [5.41, 5.74) is 1.00. The lowest BCUT2D eigenvalue weighted by Gasteiger charge is -2.34. The van der Waals surface area contributed by atoms with Crippen molar-refractivity contribution in [2.45, 2.75) is 43.0 Å². The third-order valence-corrected chi connectivity index (χ3v) is 7.79. The van der Waals surface area contributed by atoms with Gasteiger partial charge < -0.3 is 15.4 Å². The Bertz CT molecular complexity index is 1070. The average Bonchev–Trinajstić information content (AvgIpc) is 2.85. The first-order valence-electron chi connectivity index (χ1n) is 11.3. The minimum Gasteiger partial charge on any atom is -0.497 e. The zero-order valence-corrected chi connectivity index (χ0v) is 19.9. The van der Waals surface area contributed by atoms with E-state index in [1.54, 1.807) is 7.11 Å². The minimum absolute atomic E-state index is 0.0427. The van der Waals surface area contributed by atoms with Crippen LogP contribution in [0.3, 0.4) is 0 Å². The molecule has 3 rings (SSSR count). The molecule has 0 aliphatic carbocycles. The van der Waals surface area contributed by atoms with E-state index in [1.165, 1.54) is 16.4 Å². The Morgan fingerprint density at radius 2 is 1.65 bits per heavy atom. The van der Waals surface area contributed by atoms with Crippen LogP contribution in [0.5, 0.6) is 5.75 Å². The number of piperidine rings is 1. The fourth-order valence-electron chi connectivity index (χ4n) is 3.95. The van der Waals surface area contributed by atoms with Crippen LogP contribution in [0.2, 0.25) is 0 Å². The van der Waals surface area contributed by atoms with Crippen molar-refractivity contribution < 1.29 is 27.1 Å². The molecule has 2 amide bonds. The highest BCUT2D eigenvalue weighted by molar-refractivity contribution is 7.89. The number of amides is 2. The van der Waals surface area contributed by atoms with Gasteiger partial charge in [-0.2, -0.15) is 4.31 Å². The first-order valence-corrected chi connectivity index (χ1v) is 12.7. The summed E-state index contributed by atoms with van der Waals surface area (Å²) in [5, 5.41) is 5.16. The summed E-state index contributed by atoms with van der Waals surface area (Å²) in [6.07, 6.45) is 3.22. The predicted octanol–water partition coefficient (Wildman–Crippen LogP) is 2.24. The van der Waals surface area contributed by atoms with Gasteiger partial charge in [0.2, 0.25) is 10.0 Å². The van der Waals surface area contributed by atoms with E-state index < -0.39 is 27.7 Å². The number of halogens is 1. The van der Waals surface area contributed by atoms with E-state index in [2.05, 4.69) is 10.6 Å². The van der Waals surface area contributed by atoms with Crippen molar-refractivity contribution in [2.75, 3.05) is 26.7 Å². The maximum absolute atomic E-state index is 13.2. The van der Waals surface area contributed by atoms with Gasteiger partial charge in [0.1, 0.15) is 11.6 Å². The lowest BCUT2D eigenvalue weighted by atomic mass is 10.0. The Morgan fingerprint density at radius 1 is 1.00 bits per heavy atom. The number of carbonyl (C=O) groups excluding carboxylic acids is 2. The Balaban J connectivity index is 1.46. The molecule has 0 radical (unpaired) electrons. The van der Waals surface area contributed by atoms with Crippen molar-refractivity contribution in [1.29, 1.82) is 0 Å². The Hall–Kier alpha value is -2.98. The zero-order valence-electron chi connectivity index (χ0n) is 19.1. The van der Waals surface area contributed by atoms with Crippen LogP contribution in [0, 0.1) is 5.82 Å². The SMILES string of the molecule is COc1ccc(CCNC(=O)C(=O)NCC[C@H]2CCCCN2S(=O)(=O)c2ccc(F)cc2)cc1. The summed E-state index contributed by atoms with van der Waals surface area (Å²) in [5.74, 6) is -1.24. The molecule has 0 aromatic heterocycles. The van der Waals surface area contributed by atoms with Crippen LogP contribution >= 0.6 is 0 Å². The van der Waals surface area contributed by atoms with Crippen LogP contribution in [0.4, 0.5) is 4.39 Å². The van der Waals surface area contributed by atoms with Crippen LogP contribution in [0.15, 0.2) is 53.4 Å². The Labute approximate surface area is 199 Å². The normalized spacial score (nSPS) is 16.6. The highest BCUT2D eigenvalue weighted by atomic mass is 32.2. The molecular formula is C24H30FN3O5S. The molecule has 1 aliphatic rings. The van der Waals surface area contributed by atoms with Gasteiger partial charge >= 0.3 is 11.8 Å². The predicted molar refractivity (Wildman–Crippen MR) is 125 cm³/mol. The number of sulfonamides is 1. The second-order valence-electron chi connectivity index (χ2n) is 8.12. The Kier molecular flexibility index (Phi) is 9.00. The Morgan fingerprint density at radius 3 is 2.29 bits per heavy atom. The number of nitrogens with zero attached hydrogens (tertiary/aromatic N) is 1. The van der Waals surface area contributed by atoms with Gasteiger partial charge in [-0.3, -0.25) is 9.59 Å². The van der Waals surface area contributed by atoms with Crippen LogP contribution in [-0.4, -0.2) is 57.3 Å². The topological polar surface area (TPSA) is 105 Å². The number of nitrogens with one attached hydrogen (secondary N) is 2. The number of hydrogen-bond acceptors (Lipinski definition) is 5. The molecule has 1 aliphatic heterocycles. The van der Waals surface area contributed by atoms with Gasteiger partial charge in [-0.1, -0.05) is 18.6 Å². The fourth-order valence-corrected chi connectivity index (χ4v) is 5.67. The molecule has 1 heterocycles. The molecule has 184 valence electrons. The number of rotatable bonds is 9. The maximum Gasteiger partial charge on any atom is 0.309 e. The molecule has 0 spiro atoms. The van der Waals surface area contributed by atoms with E-state index in [0.717, 1.165) is 36.3 Å². The van der Waals surface area contributed by atoms with E-state index in [4.69, 9.17) is 4.74 Å². The molecule has 2 aromatic carbocycles. The van der Waals surface area contributed by atoms with Gasteiger partial charge in [-0.05, 0) is 67.6 Å². The highest BCUT2D eigenvalue weighted by Gasteiger charge is 2.33. The number of hydrogen-bond donors (Lipinski definition) is 2. The highest BCUT2D eigenvalue weighted by Crippen LogP contribution is 2.27. The average molecular weight is 492 g/mol. The van der Waals surface area contributed by atoms with Gasteiger partial charge in [0.25, 0.3) is 0 Å². The summed E-state index contributed by atoms with van der Waals surface area (Å²) in [4.78, 5) is 24.2. The third kappa shape index (κ3) is 6.77. The summed E-state index contributed by atoms with van der Waals surface area (Å²) in [6, 6.07) is 11.9. The molecule has 0 saturated carbocycles. The van der Waals surface area contributed by atoms with E-state index >= 15 is 0 Å². The zero-order chi connectivity index (χ0) is 24.6. The lowest BCUT2D eigenvalue weighted by molar-refractivity contribution is -0.139. The van der Waals surface area contributed by atoms with Crippen molar-refractivity contribution in [3.63, 3.8) is 0 Å². The van der Waals surface area contributed by atoms with Crippen molar-refractivity contribution >= 4 is 21.8 Å². The summed E-state index contributed by atoms with van der Waals surface area (Å²) in [7, 11) is -2.18. The van der Waals surface area contributed by atoms with Gasteiger partial charge in [0, 0.05) is 25.7 Å². The standard InChI is InChI=1S/C24H30FN3O5S/c1-33-21-9-5-18(6-10-21)13-15-26-23(29)24(30)27-16-14-20-4-2-3-17-28(20)34(31,32)22-11-7-19(25)8-12-22/h5-12,20H,2-4,13-17H2,1H3,(H,26,29)(H,27,30)/t20-/m1/s1. The van der Waals surface area contributed by atoms with Crippen LogP contribution in [0.1, 0.15) is 31.2 Å². The molecule has 1 fully saturated rings. The molecule has 2 N–H and O–H groups in total. The number of benzene rings is 2. The first-order chi connectivity index (χ1) is 16.3. The van der Waals surface area contributed by atoms with E-state index in [0.29, 0.717) is 32.4 Å². The minimum atomic E-state index is -3.77. The van der Waals surface area contributed by atoms with Gasteiger partial charge in [0.05, 0.1) is 12.0 Å². The maximum atomic E-state index is 13.2. The first kappa shape index (κ1) is 25.6. The van der Waals surface area contributed by atoms with Crippen LogP contribution < -0.4 is 15.4 Å². The summed E-state index contributed by atoms with van der Waals surface area (Å²) >= 11 is 0. The summed E-state index contributed by atoms with van der Waals surface area (Å²) < 4.78 is 45.8. The van der Waals surface area contributed by atoms with Gasteiger partial charge in [0.15, 0.2) is 0 Å². The van der Waals surface area contributed by atoms with E-state index in [-0.39, 0.29) is 17.5 Å². The van der Waals surface area contributed by atoms with E-state index in [1.807, 2.05) is 24.3 Å². The quantitative estimate of drug-likeness (QED) is 0.524. The number of methoxy groups -OCH3 is 1. The van der Waals surface area contributed by atoms with Crippen molar-refractivity contribution in [1.82, 2.24) is 14.9 Å². The summed E-state index contributed by atoms with van der Waals surface area (Å²) in [6.45, 7) is 0.847. The largest absolute Gasteiger partial charge is 0.497 e. The van der Waals surface area contributed by atoms with Crippen molar-refractivity contribution in [3.8, 4) is 5.75 Å². The lowest BCUT2D eigenvalue weighted by Crippen LogP contribution is -2.46. The molecule has 10 heteroatoms. The van der Waals surface area contributed by atoms with Gasteiger partial charge in [-0.15, -0.1) is 0 Å². The van der Waals surface area contributed by atoms with Crippen LogP contribution in [0.25, 0.3) is 0 Å². The number of ether oxygens (including phenoxy) is 1. The molecule has 8 nitrogen and oxygen atoms in total. The van der Waals surface area contributed by atoms with Crippen LogP contribution in [-0.2, 0) is 26.0 Å². The molecule has 0 bridgehead atoms. The molecular weight excluding hydrogens is 461 g/mol. The monoisotopic (exact) mass is 491 g/mol. The van der Waals surface area contributed by atoms with Crippen molar-refractivity contribution in [3.05, 3.63) is 59.9 Å². The smallest absolute Gasteiger partial charge is 0.309 e. The van der Waals surface area contributed by atoms with Gasteiger partial charge in [-0.25, -0.2) is 12.8 Å². The second-order valence-corrected chi connectivity index (χ2v) is 10.0.